The van der Waals surface area contributed by atoms with Crippen LogP contribution in [-0.4, -0.2) is 18.3 Å². The quantitative estimate of drug-likeness (QED) is 0.309. The van der Waals surface area contributed by atoms with Gasteiger partial charge in [-0.2, -0.15) is 0 Å². The van der Waals surface area contributed by atoms with E-state index in [-0.39, 0.29) is 12.2 Å². The summed E-state index contributed by atoms with van der Waals surface area (Å²) in [7, 11) is 0. The summed E-state index contributed by atoms with van der Waals surface area (Å²) in [6, 6.07) is 23.2. The van der Waals surface area contributed by atoms with Crippen LogP contribution in [-0.2, 0) is 22.6 Å². The molecule has 4 rings (SSSR count). The Morgan fingerprint density at radius 1 is 0.886 bits per heavy atom. The van der Waals surface area contributed by atoms with Crippen LogP contribution in [0, 0.1) is 13.8 Å². The molecule has 2 unspecified atom stereocenters. The van der Waals surface area contributed by atoms with Crippen LogP contribution in [0.25, 0.3) is 0 Å². The van der Waals surface area contributed by atoms with Gasteiger partial charge < -0.3 is 19.5 Å². The molecule has 0 radical (unpaired) electrons. The van der Waals surface area contributed by atoms with Crippen molar-refractivity contribution < 1.29 is 14.2 Å². The number of fused-ring (bicyclic) bond motifs is 1. The van der Waals surface area contributed by atoms with Gasteiger partial charge in [0, 0.05) is 24.4 Å². The van der Waals surface area contributed by atoms with E-state index in [4.69, 9.17) is 14.2 Å². The summed E-state index contributed by atoms with van der Waals surface area (Å²) in [4.78, 5) is 0. The lowest BCUT2D eigenvalue weighted by Crippen LogP contribution is -2.51. The van der Waals surface area contributed by atoms with E-state index in [2.05, 4.69) is 107 Å². The van der Waals surface area contributed by atoms with Crippen molar-refractivity contribution in [1.82, 2.24) is 0 Å². The maximum absolute atomic E-state index is 6.58. The molecular formula is C31H39NO3. The summed E-state index contributed by atoms with van der Waals surface area (Å²) in [5, 5.41) is 3.59. The van der Waals surface area contributed by atoms with E-state index in [0.717, 1.165) is 36.4 Å². The standard InChI is InChI=1S/C31H39NO3/c1-6-7-18-33-29-27-19-26(32-20-24-14-10-8-12-22(24)2)16-17-28(27)35-31(4,5)30(29)34-21-25-15-11-9-13-23(25)3/h8-17,19,29-30,32H,6-7,18,20-21H2,1-5H3. The molecule has 2 atom stereocenters. The van der Waals surface area contributed by atoms with E-state index in [0.29, 0.717) is 13.2 Å². The molecule has 4 heteroatoms. The highest BCUT2D eigenvalue weighted by molar-refractivity contribution is 5.54. The van der Waals surface area contributed by atoms with Crippen LogP contribution in [0.1, 0.15) is 67.5 Å². The third-order valence-corrected chi connectivity index (χ3v) is 6.87. The van der Waals surface area contributed by atoms with Gasteiger partial charge in [0.1, 0.15) is 23.6 Å². The van der Waals surface area contributed by atoms with Crippen molar-refractivity contribution in [3.63, 3.8) is 0 Å². The Labute approximate surface area is 210 Å². The second-order valence-electron chi connectivity index (χ2n) is 10.0. The second-order valence-corrected chi connectivity index (χ2v) is 10.0. The fourth-order valence-electron chi connectivity index (χ4n) is 4.62. The smallest absolute Gasteiger partial charge is 0.132 e. The Hall–Kier alpha value is -2.82. The predicted molar refractivity (Wildman–Crippen MR) is 143 cm³/mol. The number of benzene rings is 3. The summed E-state index contributed by atoms with van der Waals surface area (Å²) in [5.74, 6) is 0.869. The molecule has 186 valence electrons. The lowest BCUT2D eigenvalue weighted by atomic mass is 9.87. The maximum atomic E-state index is 6.58. The molecule has 1 heterocycles. The van der Waals surface area contributed by atoms with E-state index in [1.54, 1.807) is 0 Å². The lowest BCUT2D eigenvalue weighted by Gasteiger charge is -2.44. The maximum Gasteiger partial charge on any atom is 0.132 e. The van der Waals surface area contributed by atoms with E-state index in [1.165, 1.54) is 22.3 Å². The van der Waals surface area contributed by atoms with Crippen molar-refractivity contribution in [2.45, 2.75) is 78.4 Å². The first-order valence-electron chi connectivity index (χ1n) is 12.8. The summed E-state index contributed by atoms with van der Waals surface area (Å²) in [6.45, 7) is 12.6. The second kappa shape index (κ2) is 11.3. The number of aryl methyl sites for hydroxylation is 2. The van der Waals surface area contributed by atoms with Crippen LogP contribution in [0.2, 0.25) is 0 Å². The van der Waals surface area contributed by atoms with Crippen molar-refractivity contribution in [3.05, 3.63) is 94.5 Å². The van der Waals surface area contributed by atoms with Crippen molar-refractivity contribution in [3.8, 4) is 5.75 Å². The first-order chi connectivity index (χ1) is 16.9. The Kier molecular flexibility index (Phi) is 8.15. The molecule has 0 fully saturated rings. The average Bonchev–Trinajstić information content (AvgIpc) is 2.84. The highest BCUT2D eigenvalue weighted by Gasteiger charge is 2.45. The van der Waals surface area contributed by atoms with Gasteiger partial charge in [-0.05, 0) is 74.6 Å². The van der Waals surface area contributed by atoms with Crippen molar-refractivity contribution in [2.75, 3.05) is 11.9 Å². The highest BCUT2D eigenvalue weighted by atomic mass is 16.6. The van der Waals surface area contributed by atoms with Gasteiger partial charge in [0.05, 0.1) is 6.61 Å². The number of hydrogen-bond acceptors (Lipinski definition) is 4. The SMILES string of the molecule is CCCCOC1c2cc(NCc3ccccc3C)ccc2OC(C)(C)C1OCc1ccccc1C. The van der Waals surface area contributed by atoms with Crippen LogP contribution < -0.4 is 10.1 Å². The zero-order valence-corrected chi connectivity index (χ0v) is 21.8. The number of unbranched alkanes of at least 4 members (excludes halogenated alkanes) is 1. The van der Waals surface area contributed by atoms with E-state index in [1.807, 2.05) is 0 Å². The number of anilines is 1. The Morgan fingerprint density at radius 2 is 1.57 bits per heavy atom. The average molecular weight is 474 g/mol. The number of hydrogen-bond donors (Lipinski definition) is 1. The molecule has 1 aliphatic heterocycles. The molecule has 0 aromatic heterocycles. The molecular weight excluding hydrogens is 434 g/mol. The minimum Gasteiger partial charge on any atom is -0.485 e. The molecule has 0 spiro atoms. The monoisotopic (exact) mass is 473 g/mol. The van der Waals surface area contributed by atoms with Crippen molar-refractivity contribution >= 4 is 5.69 Å². The van der Waals surface area contributed by atoms with Crippen LogP contribution in [0.5, 0.6) is 5.75 Å². The Morgan fingerprint density at radius 3 is 2.26 bits per heavy atom. The summed E-state index contributed by atoms with van der Waals surface area (Å²) in [5.41, 5.74) is 6.57. The van der Waals surface area contributed by atoms with Gasteiger partial charge in [-0.1, -0.05) is 61.9 Å². The molecule has 0 saturated carbocycles. The Bertz CT molecular complexity index is 1120. The molecule has 1 N–H and O–H groups in total. The van der Waals surface area contributed by atoms with Crippen molar-refractivity contribution in [2.24, 2.45) is 0 Å². The first kappa shape index (κ1) is 25.3. The molecule has 1 aliphatic rings. The molecule has 4 nitrogen and oxygen atoms in total. The molecule has 0 bridgehead atoms. The third-order valence-electron chi connectivity index (χ3n) is 6.87. The van der Waals surface area contributed by atoms with E-state index in [9.17, 15) is 0 Å². The normalized spacial score (nSPS) is 18.5. The van der Waals surface area contributed by atoms with Crippen LogP contribution in [0.3, 0.4) is 0 Å². The number of ether oxygens (including phenoxy) is 3. The predicted octanol–water partition coefficient (Wildman–Crippen LogP) is 7.53. The zero-order valence-electron chi connectivity index (χ0n) is 21.8. The van der Waals surface area contributed by atoms with Gasteiger partial charge in [0.25, 0.3) is 0 Å². The fraction of sp³-hybridized carbons (Fsp3) is 0.419. The summed E-state index contributed by atoms with van der Waals surface area (Å²) >= 11 is 0. The lowest BCUT2D eigenvalue weighted by molar-refractivity contribution is -0.167. The van der Waals surface area contributed by atoms with Crippen LogP contribution in [0.15, 0.2) is 66.7 Å². The molecule has 35 heavy (non-hydrogen) atoms. The van der Waals surface area contributed by atoms with Gasteiger partial charge in [0.15, 0.2) is 0 Å². The molecule has 0 saturated heterocycles. The van der Waals surface area contributed by atoms with Gasteiger partial charge in [-0.3, -0.25) is 0 Å². The molecule has 0 amide bonds. The number of nitrogens with one attached hydrogen (secondary N) is 1. The third kappa shape index (κ3) is 6.06. The van der Waals surface area contributed by atoms with Crippen molar-refractivity contribution in [1.29, 1.82) is 0 Å². The highest BCUT2D eigenvalue weighted by Crippen LogP contribution is 2.44. The van der Waals surface area contributed by atoms with Gasteiger partial charge in [0.2, 0.25) is 0 Å². The topological polar surface area (TPSA) is 39.7 Å². The summed E-state index contributed by atoms with van der Waals surface area (Å²) < 4.78 is 19.6. The van der Waals surface area contributed by atoms with E-state index >= 15 is 0 Å². The van der Waals surface area contributed by atoms with Crippen LogP contribution in [0.4, 0.5) is 5.69 Å². The minimum atomic E-state index is -0.525. The van der Waals surface area contributed by atoms with E-state index < -0.39 is 5.60 Å². The minimum absolute atomic E-state index is 0.204. The molecule has 0 aliphatic carbocycles. The number of rotatable bonds is 10. The largest absolute Gasteiger partial charge is 0.485 e. The zero-order chi connectivity index (χ0) is 24.8. The molecule has 3 aromatic rings. The molecule has 3 aromatic carbocycles. The van der Waals surface area contributed by atoms with Crippen LogP contribution >= 0.6 is 0 Å². The summed E-state index contributed by atoms with van der Waals surface area (Å²) in [6.07, 6.45) is 1.66. The first-order valence-corrected chi connectivity index (χ1v) is 12.8. The van der Waals surface area contributed by atoms with Gasteiger partial charge in [-0.25, -0.2) is 0 Å². The Balaban J connectivity index is 1.59. The van der Waals surface area contributed by atoms with Gasteiger partial charge >= 0.3 is 0 Å². The van der Waals surface area contributed by atoms with Gasteiger partial charge in [-0.15, -0.1) is 0 Å². The fourth-order valence-corrected chi connectivity index (χ4v) is 4.62.